The predicted molar refractivity (Wildman–Crippen MR) is 39.9 cm³/mol. The summed E-state index contributed by atoms with van der Waals surface area (Å²) in [7, 11) is 3.10. The number of ether oxygens (including phenoxy) is 3. The first-order chi connectivity index (χ1) is 5.26. The molecule has 0 spiro atoms. The van der Waals surface area contributed by atoms with Gasteiger partial charge in [-0.2, -0.15) is 0 Å². The second kappa shape index (κ2) is 3.49. The molecule has 0 aromatic carbocycles. The third-order valence-corrected chi connectivity index (χ3v) is 1.89. The van der Waals surface area contributed by atoms with Crippen molar-refractivity contribution in [2.24, 2.45) is 0 Å². The molecule has 66 valence electrons. The lowest BCUT2D eigenvalue weighted by Crippen LogP contribution is -2.47. The maximum absolute atomic E-state index is 5.29. The Labute approximate surface area is 66.8 Å². The van der Waals surface area contributed by atoms with Gasteiger partial charge in [-0.15, -0.1) is 0 Å². The zero-order valence-corrected chi connectivity index (χ0v) is 7.22. The summed E-state index contributed by atoms with van der Waals surface area (Å²) in [5, 5.41) is 3.09. The number of methoxy groups -OCH3 is 2. The van der Waals surface area contributed by atoms with Crippen molar-refractivity contribution in [2.45, 2.75) is 25.5 Å². The van der Waals surface area contributed by atoms with Crippen LogP contribution in [-0.4, -0.2) is 33.0 Å². The van der Waals surface area contributed by atoms with E-state index in [2.05, 4.69) is 12.2 Å². The predicted octanol–water partition coefficient (Wildman–Crippen LogP) is 0.289. The number of nitrogens with one attached hydrogen (secondary N) is 1. The molecule has 0 aliphatic carbocycles. The lowest BCUT2D eigenvalue weighted by Gasteiger charge is -2.24. The van der Waals surface area contributed by atoms with Crippen molar-refractivity contribution in [3.63, 3.8) is 0 Å². The minimum absolute atomic E-state index is 0.329. The summed E-state index contributed by atoms with van der Waals surface area (Å²) >= 11 is 0. The SMILES string of the molecule is CC[C@H]1COC(OC)(OC)N1. The van der Waals surface area contributed by atoms with E-state index in [0.717, 1.165) is 6.42 Å². The highest BCUT2D eigenvalue weighted by Crippen LogP contribution is 2.18. The standard InChI is InChI=1S/C7H15NO3/c1-4-6-5-11-7(8-6,9-2)10-3/h6,8H,4-5H2,1-3H3/t6-/m0/s1. The van der Waals surface area contributed by atoms with E-state index in [4.69, 9.17) is 14.2 Å². The summed E-state index contributed by atoms with van der Waals surface area (Å²) in [4.78, 5) is 0. The van der Waals surface area contributed by atoms with E-state index in [1.54, 1.807) is 14.2 Å². The van der Waals surface area contributed by atoms with Crippen molar-refractivity contribution in [3.8, 4) is 0 Å². The van der Waals surface area contributed by atoms with E-state index in [1.165, 1.54) is 0 Å². The van der Waals surface area contributed by atoms with Gasteiger partial charge in [-0.05, 0) is 6.42 Å². The minimum atomic E-state index is -0.999. The van der Waals surface area contributed by atoms with Gasteiger partial charge >= 0.3 is 6.10 Å². The van der Waals surface area contributed by atoms with Gasteiger partial charge < -0.3 is 14.2 Å². The Balaban J connectivity index is 2.48. The molecule has 0 unspecified atom stereocenters. The van der Waals surface area contributed by atoms with Crippen LogP contribution in [0.25, 0.3) is 0 Å². The maximum atomic E-state index is 5.29. The molecule has 1 heterocycles. The first kappa shape index (κ1) is 8.93. The van der Waals surface area contributed by atoms with Gasteiger partial charge in [-0.1, -0.05) is 6.92 Å². The molecule has 1 N–H and O–H groups in total. The Kier molecular flexibility index (Phi) is 2.84. The quantitative estimate of drug-likeness (QED) is 0.604. The van der Waals surface area contributed by atoms with Crippen molar-refractivity contribution in [1.82, 2.24) is 5.32 Å². The van der Waals surface area contributed by atoms with Crippen molar-refractivity contribution in [2.75, 3.05) is 20.8 Å². The van der Waals surface area contributed by atoms with E-state index < -0.39 is 6.10 Å². The van der Waals surface area contributed by atoms with Gasteiger partial charge in [-0.25, -0.2) is 5.32 Å². The van der Waals surface area contributed by atoms with Crippen LogP contribution in [0.1, 0.15) is 13.3 Å². The van der Waals surface area contributed by atoms with Gasteiger partial charge in [0.2, 0.25) is 0 Å². The van der Waals surface area contributed by atoms with Gasteiger partial charge in [-0.3, -0.25) is 0 Å². The smallest absolute Gasteiger partial charge is 0.318 e. The van der Waals surface area contributed by atoms with Crippen LogP contribution in [0.2, 0.25) is 0 Å². The maximum Gasteiger partial charge on any atom is 0.350 e. The highest BCUT2D eigenvalue weighted by Gasteiger charge is 2.39. The van der Waals surface area contributed by atoms with Crippen molar-refractivity contribution in [1.29, 1.82) is 0 Å². The molecule has 1 fully saturated rings. The third-order valence-electron chi connectivity index (χ3n) is 1.89. The summed E-state index contributed by atoms with van der Waals surface area (Å²) in [5.74, 6) is 0. The van der Waals surface area contributed by atoms with Crippen LogP contribution >= 0.6 is 0 Å². The molecule has 0 aromatic rings. The highest BCUT2D eigenvalue weighted by molar-refractivity contribution is 4.74. The Hall–Kier alpha value is -0.160. The van der Waals surface area contributed by atoms with Crippen LogP contribution in [0.4, 0.5) is 0 Å². The lowest BCUT2D eigenvalue weighted by molar-refractivity contribution is -0.353. The first-order valence-corrected chi connectivity index (χ1v) is 3.78. The molecule has 1 saturated heterocycles. The van der Waals surface area contributed by atoms with Crippen LogP contribution in [0.3, 0.4) is 0 Å². The molecule has 0 aromatic heterocycles. The molecule has 11 heavy (non-hydrogen) atoms. The zero-order valence-electron chi connectivity index (χ0n) is 7.22. The number of hydrogen-bond donors (Lipinski definition) is 1. The third kappa shape index (κ3) is 1.70. The molecule has 0 saturated carbocycles. The van der Waals surface area contributed by atoms with E-state index in [-0.39, 0.29) is 0 Å². The molecular weight excluding hydrogens is 146 g/mol. The normalized spacial score (nSPS) is 29.2. The molecule has 1 rings (SSSR count). The fourth-order valence-electron chi connectivity index (χ4n) is 1.08. The van der Waals surface area contributed by atoms with Crippen molar-refractivity contribution in [3.05, 3.63) is 0 Å². The lowest BCUT2D eigenvalue weighted by atomic mass is 10.3. The van der Waals surface area contributed by atoms with Crippen molar-refractivity contribution >= 4 is 0 Å². The summed E-state index contributed by atoms with van der Waals surface area (Å²) < 4.78 is 15.3. The number of hydrogen-bond acceptors (Lipinski definition) is 4. The second-order valence-electron chi connectivity index (χ2n) is 2.52. The second-order valence-corrected chi connectivity index (χ2v) is 2.52. The Morgan fingerprint density at radius 1 is 1.55 bits per heavy atom. The van der Waals surface area contributed by atoms with E-state index in [0.29, 0.717) is 12.6 Å². The highest BCUT2D eigenvalue weighted by atomic mass is 16.9. The Morgan fingerprint density at radius 2 is 2.18 bits per heavy atom. The van der Waals surface area contributed by atoms with E-state index >= 15 is 0 Å². The van der Waals surface area contributed by atoms with Crippen LogP contribution in [0, 0.1) is 0 Å². The average Bonchev–Trinajstić information content (AvgIpc) is 2.49. The monoisotopic (exact) mass is 161 g/mol. The molecule has 0 amide bonds. The van der Waals surface area contributed by atoms with Crippen molar-refractivity contribution < 1.29 is 14.2 Å². The Morgan fingerprint density at radius 3 is 2.45 bits per heavy atom. The van der Waals surface area contributed by atoms with E-state index in [1.807, 2.05) is 0 Å². The van der Waals surface area contributed by atoms with Crippen LogP contribution in [0.5, 0.6) is 0 Å². The van der Waals surface area contributed by atoms with Gasteiger partial charge in [0.25, 0.3) is 0 Å². The van der Waals surface area contributed by atoms with Crippen LogP contribution in [0.15, 0.2) is 0 Å². The topological polar surface area (TPSA) is 39.7 Å². The van der Waals surface area contributed by atoms with Gasteiger partial charge in [0.15, 0.2) is 0 Å². The summed E-state index contributed by atoms with van der Waals surface area (Å²) in [5.41, 5.74) is 0. The zero-order chi connectivity index (χ0) is 8.32. The molecule has 1 aliphatic rings. The summed E-state index contributed by atoms with van der Waals surface area (Å²) in [6, 6.07) is 0.329. The van der Waals surface area contributed by atoms with Crippen LogP contribution in [-0.2, 0) is 14.2 Å². The van der Waals surface area contributed by atoms with Gasteiger partial charge in [0.1, 0.15) is 0 Å². The fourth-order valence-corrected chi connectivity index (χ4v) is 1.08. The summed E-state index contributed by atoms with van der Waals surface area (Å²) in [6.07, 6.45) is 0.00907. The molecule has 0 radical (unpaired) electrons. The molecular formula is C7H15NO3. The molecule has 4 heteroatoms. The Bertz CT molecular complexity index is 125. The molecule has 4 nitrogen and oxygen atoms in total. The molecule has 0 bridgehead atoms. The molecule has 1 atom stereocenters. The largest absolute Gasteiger partial charge is 0.350 e. The van der Waals surface area contributed by atoms with E-state index in [9.17, 15) is 0 Å². The summed E-state index contributed by atoms with van der Waals surface area (Å²) in [6.45, 7) is 2.72. The van der Waals surface area contributed by atoms with Gasteiger partial charge in [0.05, 0.1) is 6.61 Å². The van der Waals surface area contributed by atoms with Gasteiger partial charge in [0, 0.05) is 20.3 Å². The fraction of sp³-hybridized carbons (Fsp3) is 1.00. The first-order valence-electron chi connectivity index (χ1n) is 3.78. The van der Waals surface area contributed by atoms with Crippen LogP contribution < -0.4 is 5.32 Å². The average molecular weight is 161 g/mol. The number of rotatable bonds is 3. The minimum Gasteiger partial charge on any atom is -0.318 e. The molecule has 1 aliphatic heterocycles.